The zero-order valence-corrected chi connectivity index (χ0v) is 14.3. The molecule has 1 N–H and O–H groups in total. The van der Waals surface area contributed by atoms with E-state index in [1.54, 1.807) is 0 Å². The van der Waals surface area contributed by atoms with E-state index in [0.29, 0.717) is 5.41 Å². The largest absolute Gasteiger partial charge is 0.348 e. The third kappa shape index (κ3) is 3.95. The third-order valence-corrected chi connectivity index (χ3v) is 5.36. The Balaban J connectivity index is 2.01. The molecule has 20 heavy (non-hydrogen) atoms. The number of nitrogens with zero attached hydrogens (tertiary/aromatic N) is 2. The van der Waals surface area contributed by atoms with Gasteiger partial charge in [-0.15, -0.1) is 11.3 Å². The van der Waals surface area contributed by atoms with Crippen molar-refractivity contribution in [1.82, 2.24) is 10.3 Å². The number of nitrogens with one attached hydrogen (secondary N) is 1. The molecule has 0 radical (unpaired) electrons. The Kier molecular flexibility index (Phi) is 5.44. The van der Waals surface area contributed by atoms with Crippen LogP contribution in [-0.4, -0.2) is 24.6 Å². The molecule has 1 aliphatic rings. The normalized spacial score (nSPS) is 18.5. The van der Waals surface area contributed by atoms with Gasteiger partial charge in [0.05, 0.1) is 5.69 Å². The van der Waals surface area contributed by atoms with Crippen LogP contribution in [0.5, 0.6) is 0 Å². The Hall–Kier alpha value is -0.610. The van der Waals surface area contributed by atoms with E-state index in [4.69, 9.17) is 4.98 Å². The van der Waals surface area contributed by atoms with E-state index in [9.17, 15) is 0 Å². The van der Waals surface area contributed by atoms with E-state index in [-0.39, 0.29) is 0 Å². The average Bonchev–Trinajstić information content (AvgIpc) is 2.82. The lowest BCUT2D eigenvalue weighted by molar-refractivity contribution is 0.279. The average molecular weight is 295 g/mol. The van der Waals surface area contributed by atoms with Gasteiger partial charge in [-0.25, -0.2) is 4.98 Å². The molecule has 0 amide bonds. The van der Waals surface area contributed by atoms with Crippen LogP contribution < -0.4 is 10.2 Å². The summed E-state index contributed by atoms with van der Waals surface area (Å²) in [5.41, 5.74) is 1.80. The lowest BCUT2D eigenvalue weighted by Gasteiger charge is -2.36. The molecule has 0 bridgehead atoms. The van der Waals surface area contributed by atoms with Crippen molar-refractivity contribution in [3.63, 3.8) is 0 Å². The first-order valence-corrected chi connectivity index (χ1v) is 8.81. The standard InChI is InChI=1S/C16H29N3S/c1-5-9-17-12-14-13(6-2)18-15(20-14)19-10-7-16(3,4)8-11-19/h17H,5-12H2,1-4H3. The summed E-state index contributed by atoms with van der Waals surface area (Å²) in [5, 5.41) is 4.75. The van der Waals surface area contributed by atoms with E-state index in [0.717, 1.165) is 32.6 Å². The number of aryl methyl sites for hydroxylation is 1. The summed E-state index contributed by atoms with van der Waals surface area (Å²) < 4.78 is 0. The second-order valence-electron chi connectivity index (χ2n) is 6.55. The Morgan fingerprint density at radius 1 is 1.25 bits per heavy atom. The smallest absolute Gasteiger partial charge is 0.185 e. The first kappa shape index (κ1) is 15.8. The van der Waals surface area contributed by atoms with Crippen molar-refractivity contribution in [2.75, 3.05) is 24.5 Å². The summed E-state index contributed by atoms with van der Waals surface area (Å²) in [4.78, 5) is 8.80. The van der Waals surface area contributed by atoms with E-state index in [1.807, 2.05) is 11.3 Å². The predicted molar refractivity (Wildman–Crippen MR) is 88.7 cm³/mol. The molecule has 2 rings (SSSR count). The third-order valence-electron chi connectivity index (χ3n) is 4.20. The summed E-state index contributed by atoms with van der Waals surface area (Å²) in [6.07, 6.45) is 4.78. The van der Waals surface area contributed by atoms with Gasteiger partial charge in [-0.2, -0.15) is 0 Å². The summed E-state index contributed by atoms with van der Waals surface area (Å²) in [5.74, 6) is 0. The van der Waals surface area contributed by atoms with Crippen molar-refractivity contribution in [2.24, 2.45) is 5.41 Å². The molecule has 3 nitrogen and oxygen atoms in total. The fourth-order valence-electron chi connectivity index (χ4n) is 2.60. The predicted octanol–water partition coefficient (Wildman–Crippen LogP) is 3.83. The Bertz CT molecular complexity index is 415. The Morgan fingerprint density at radius 2 is 1.95 bits per heavy atom. The molecular weight excluding hydrogens is 266 g/mol. The summed E-state index contributed by atoms with van der Waals surface area (Å²) in [6.45, 7) is 13.6. The van der Waals surface area contributed by atoms with Gasteiger partial charge in [0.2, 0.25) is 0 Å². The molecule has 114 valence electrons. The molecule has 0 atom stereocenters. The van der Waals surface area contributed by atoms with Crippen molar-refractivity contribution in [3.05, 3.63) is 10.6 Å². The minimum absolute atomic E-state index is 0.507. The van der Waals surface area contributed by atoms with Gasteiger partial charge in [0.25, 0.3) is 0 Å². The van der Waals surface area contributed by atoms with Crippen molar-refractivity contribution in [2.45, 2.75) is 59.9 Å². The molecule has 0 unspecified atom stereocenters. The highest BCUT2D eigenvalue weighted by Crippen LogP contribution is 2.34. The summed E-state index contributed by atoms with van der Waals surface area (Å²) >= 11 is 1.89. The molecule has 0 aliphatic carbocycles. The van der Waals surface area contributed by atoms with Crippen LogP contribution in [0.4, 0.5) is 5.13 Å². The maximum absolute atomic E-state index is 4.88. The molecule has 1 aromatic rings. The van der Waals surface area contributed by atoms with Gasteiger partial charge in [-0.1, -0.05) is 27.7 Å². The molecular formula is C16H29N3S. The molecule has 1 saturated heterocycles. The van der Waals surface area contributed by atoms with Crippen LogP contribution in [0.1, 0.15) is 57.5 Å². The zero-order chi connectivity index (χ0) is 14.6. The van der Waals surface area contributed by atoms with Gasteiger partial charge in [-0.3, -0.25) is 0 Å². The minimum atomic E-state index is 0.507. The van der Waals surface area contributed by atoms with Crippen molar-refractivity contribution < 1.29 is 0 Å². The van der Waals surface area contributed by atoms with Crippen LogP contribution >= 0.6 is 11.3 Å². The SMILES string of the molecule is CCCNCc1sc(N2CCC(C)(C)CC2)nc1CC. The highest BCUT2D eigenvalue weighted by atomic mass is 32.1. The van der Waals surface area contributed by atoms with E-state index in [2.05, 4.69) is 37.9 Å². The van der Waals surface area contributed by atoms with E-state index < -0.39 is 0 Å². The molecule has 1 fully saturated rings. The number of aromatic nitrogens is 1. The number of anilines is 1. The second-order valence-corrected chi connectivity index (χ2v) is 7.61. The first-order valence-electron chi connectivity index (χ1n) is 8.00. The van der Waals surface area contributed by atoms with Gasteiger partial charge in [-0.05, 0) is 37.6 Å². The molecule has 0 spiro atoms. The highest BCUT2D eigenvalue weighted by molar-refractivity contribution is 7.15. The van der Waals surface area contributed by atoms with Crippen LogP contribution in [0.25, 0.3) is 0 Å². The second kappa shape index (κ2) is 6.90. The van der Waals surface area contributed by atoms with Gasteiger partial charge >= 0.3 is 0 Å². The Labute approximate surface area is 127 Å². The van der Waals surface area contributed by atoms with Crippen LogP contribution in [0.2, 0.25) is 0 Å². The Morgan fingerprint density at radius 3 is 2.55 bits per heavy atom. The molecule has 0 aromatic carbocycles. The highest BCUT2D eigenvalue weighted by Gasteiger charge is 2.27. The topological polar surface area (TPSA) is 28.2 Å². The number of hydrogen-bond donors (Lipinski definition) is 1. The van der Waals surface area contributed by atoms with Crippen LogP contribution in [0, 0.1) is 5.41 Å². The molecule has 1 aliphatic heterocycles. The number of hydrogen-bond acceptors (Lipinski definition) is 4. The molecule has 4 heteroatoms. The van der Waals surface area contributed by atoms with Gasteiger partial charge in [0, 0.05) is 24.5 Å². The monoisotopic (exact) mass is 295 g/mol. The van der Waals surface area contributed by atoms with Crippen LogP contribution in [0.3, 0.4) is 0 Å². The molecule has 1 aromatic heterocycles. The van der Waals surface area contributed by atoms with Crippen molar-refractivity contribution in [1.29, 1.82) is 0 Å². The fraction of sp³-hybridized carbons (Fsp3) is 0.812. The summed E-state index contributed by atoms with van der Waals surface area (Å²) in [6, 6.07) is 0. The number of thiazole rings is 1. The quantitative estimate of drug-likeness (QED) is 0.808. The van der Waals surface area contributed by atoms with Crippen molar-refractivity contribution >= 4 is 16.5 Å². The number of rotatable bonds is 6. The summed E-state index contributed by atoms with van der Waals surface area (Å²) in [7, 11) is 0. The van der Waals surface area contributed by atoms with Crippen molar-refractivity contribution in [3.8, 4) is 0 Å². The fourth-order valence-corrected chi connectivity index (χ4v) is 3.77. The van der Waals surface area contributed by atoms with Gasteiger partial charge in [0.15, 0.2) is 5.13 Å². The molecule has 0 saturated carbocycles. The van der Waals surface area contributed by atoms with Gasteiger partial charge in [0.1, 0.15) is 0 Å². The zero-order valence-electron chi connectivity index (χ0n) is 13.5. The lowest BCUT2D eigenvalue weighted by atomic mass is 9.83. The van der Waals surface area contributed by atoms with Crippen LogP contribution in [-0.2, 0) is 13.0 Å². The van der Waals surface area contributed by atoms with E-state index in [1.165, 1.54) is 35.0 Å². The number of piperidine rings is 1. The maximum Gasteiger partial charge on any atom is 0.185 e. The van der Waals surface area contributed by atoms with Gasteiger partial charge < -0.3 is 10.2 Å². The first-order chi connectivity index (χ1) is 9.55. The maximum atomic E-state index is 4.88. The van der Waals surface area contributed by atoms with Crippen LogP contribution in [0.15, 0.2) is 0 Å². The molecule has 2 heterocycles. The lowest BCUT2D eigenvalue weighted by Crippen LogP contribution is -2.37. The minimum Gasteiger partial charge on any atom is -0.348 e. The van der Waals surface area contributed by atoms with E-state index >= 15 is 0 Å².